The normalized spacial score (nSPS) is 39.3. The third-order valence-corrected chi connectivity index (χ3v) is 13.7. The van der Waals surface area contributed by atoms with Gasteiger partial charge in [-0.15, -0.1) is 0 Å². The molecule has 58 heavy (non-hydrogen) atoms. The number of nitrogens with one attached hydrogen (secondary N) is 1. The summed E-state index contributed by atoms with van der Waals surface area (Å²) in [5.41, 5.74) is -0.181. The third-order valence-electron chi connectivity index (χ3n) is 13.7. The maximum Gasteiger partial charge on any atom is 0.425 e. The Hall–Kier alpha value is -3.24. The van der Waals surface area contributed by atoms with Crippen LogP contribution in [-0.2, 0) is 39.7 Å². The zero-order valence-electron chi connectivity index (χ0n) is 36.3. The zero-order chi connectivity index (χ0) is 42.3. The molecule has 5 heterocycles. The van der Waals surface area contributed by atoms with E-state index in [2.05, 4.69) is 36.3 Å². The van der Waals surface area contributed by atoms with E-state index in [1.165, 1.54) is 5.56 Å². The van der Waals surface area contributed by atoms with Gasteiger partial charge < -0.3 is 33.7 Å². The summed E-state index contributed by atoms with van der Waals surface area (Å²) < 4.78 is 32.0. The zero-order valence-corrected chi connectivity index (χ0v) is 36.3. The van der Waals surface area contributed by atoms with Crippen molar-refractivity contribution in [3.05, 3.63) is 42.1 Å². The van der Waals surface area contributed by atoms with E-state index in [1.807, 2.05) is 76.1 Å². The monoisotopic (exact) mass is 809 g/mol. The SMILES string of the molecule is CC[C@H]1OC(=O)[C@H](C)C(=O)[C@H](C)[C@@H](O[C@@H]2O[C@H](C)C[C@H](N(C)C)[C@H]2O)[C@](C)(OC)C[C@@H](C)C2NCN(CCCc3ccnc4ccccc34)N3C(=O)O[C@@]1(C)[C@@H]3[C@@H]2C. The van der Waals surface area contributed by atoms with Gasteiger partial charge in [-0.1, -0.05) is 45.9 Å². The van der Waals surface area contributed by atoms with Gasteiger partial charge in [0.1, 0.15) is 18.1 Å². The van der Waals surface area contributed by atoms with E-state index < -0.39 is 65.7 Å². The fourth-order valence-electron chi connectivity index (χ4n) is 10.5. The van der Waals surface area contributed by atoms with Crippen LogP contribution in [0.2, 0.25) is 0 Å². The molecule has 0 radical (unpaired) electrons. The lowest BCUT2D eigenvalue weighted by atomic mass is 9.72. The Morgan fingerprint density at radius 3 is 2.48 bits per heavy atom. The molecule has 4 saturated heterocycles. The number of fused-ring (bicyclic) bond motifs is 2. The maximum absolute atomic E-state index is 14.4. The molecule has 1 amide bonds. The van der Waals surface area contributed by atoms with Crippen molar-refractivity contribution in [1.82, 2.24) is 25.2 Å². The summed E-state index contributed by atoms with van der Waals surface area (Å²) in [6.07, 6.45) is 0.283. The van der Waals surface area contributed by atoms with Crippen LogP contribution in [-0.4, -0.2) is 137 Å². The molecule has 0 aliphatic carbocycles. The average Bonchev–Trinajstić information content (AvgIpc) is 3.37. The summed E-state index contributed by atoms with van der Waals surface area (Å²) in [6, 6.07) is 9.23. The van der Waals surface area contributed by atoms with Crippen molar-refractivity contribution in [1.29, 1.82) is 0 Å². The van der Waals surface area contributed by atoms with Crippen molar-refractivity contribution < 1.29 is 43.2 Å². The predicted molar refractivity (Wildman–Crippen MR) is 218 cm³/mol. The quantitative estimate of drug-likeness (QED) is 0.260. The molecule has 2 N–H and O–H groups in total. The van der Waals surface area contributed by atoms with Gasteiger partial charge in [0, 0.05) is 43.2 Å². The number of aliphatic hydroxyl groups is 1. The van der Waals surface area contributed by atoms with E-state index in [4.69, 9.17) is 23.7 Å². The summed E-state index contributed by atoms with van der Waals surface area (Å²) in [7, 11) is 5.43. The van der Waals surface area contributed by atoms with Crippen LogP contribution in [0.25, 0.3) is 10.9 Å². The number of carbonyl (C=O) groups is 3. The largest absolute Gasteiger partial charge is 0.458 e. The number of hydrazine groups is 1. The van der Waals surface area contributed by atoms with Crippen LogP contribution < -0.4 is 5.32 Å². The highest BCUT2D eigenvalue weighted by Gasteiger charge is 2.62. The van der Waals surface area contributed by atoms with Crippen molar-refractivity contribution in [2.24, 2.45) is 23.7 Å². The summed E-state index contributed by atoms with van der Waals surface area (Å²) >= 11 is 0. The van der Waals surface area contributed by atoms with Crippen molar-refractivity contribution in [3.63, 3.8) is 0 Å². The van der Waals surface area contributed by atoms with Crippen LogP contribution >= 0.6 is 0 Å². The Labute approximate surface area is 344 Å². The lowest BCUT2D eigenvalue weighted by Crippen LogP contribution is -2.61. The minimum Gasteiger partial charge on any atom is -0.458 e. The maximum atomic E-state index is 14.4. The number of nitrogens with zero attached hydrogens (tertiary/aromatic N) is 4. The van der Waals surface area contributed by atoms with Crippen molar-refractivity contribution in [2.75, 3.05) is 34.4 Å². The van der Waals surface area contributed by atoms with E-state index >= 15 is 0 Å². The molecule has 14 nitrogen and oxygen atoms in total. The van der Waals surface area contributed by atoms with E-state index in [1.54, 1.807) is 26.0 Å². The lowest BCUT2D eigenvalue weighted by Gasteiger charge is -2.48. The number of pyridine rings is 1. The molecule has 0 spiro atoms. The van der Waals surface area contributed by atoms with E-state index in [0.29, 0.717) is 32.5 Å². The van der Waals surface area contributed by atoms with Crippen molar-refractivity contribution >= 4 is 28.7 Å². The minimum atomic E-state index is -1.23. The number of cyclic esters (lactones) is 1. The molecular weight excluding hydrogens is 743 g/mol. The van der Waals surface area contributed by atoms with Crippen molar-refractivity contribution in [2.45, 2.75) is 148 Å². The Morgan fingerprint density at radius 2 is 1.79 bits per heavy atom. The highest BCUT2D eigenvalue weighted by molar-refractivity contribution is 6.00. The third kappa shape index (κ3) is 8.39. The first-order chi connectivity index (χ1) is 27.4. The van der Waals surface area contributed by atoms with Crippen LogP contribution in [0, 0.1) is 23.7 Å². The Kier molecular flexibility index (Phi) is 13.6. The Bertz CT molecular complexity index is 1780. The Morgan fingerprint density at radius 1 is 1.07 bits per heavy atom. The van der Waals surface area contributed by atoms with Gasteiger partial charge in [0.25, 0.3) is 0 Å². The molecule has 6 rings (SSSR count). The first-order valence-corrected chi connectivity index (χ1v) is 21.2. The molecule has 14 atom stereocenters. The van der Waals surface area contributed by atoms with Gasteiger partial charge in [0.2, 0.25) is 0 Å². The fraction of sp³-hybridized carbons (Fsp3) is 0.727. The smallest absolute Gasteiger partial charge is 0.425 e. The summed E-state index contributed by atoms with van der Waals surface area (Å²) in [5.74, 6) is -3.39. The standard InChI is InChI=1S/C44H67N5O9/c1-12-34-44(8)38-27(4)35(46-24-48(49(38)42(53)58-44)21-15-16-30-19-20-45-32-18-14-13-17-31(30)32)25(2)23-43(7,54-11)39(28(5)36(50)29(6)40(52)56-34)57-41-37(51)33(47(9)10)22-26(3)55-41/h13-14,17-20,25-29,33-35,37-39,41,46,51H,12,15-16,21-24H2,1-11H3/t25-,26-,27-,28+,29-,33+,34-,35?,37-,38+,39-,41+,43-,44-/m1/s1. The number of amides is 1. The molecule has 1 aromatic carbocycles. The fourth-order valence-corrected chi connectivity index (χ4v) is 10.5. The van der Waals surface area contributed by atoms with Gasteiger partial charge in [0.05, 0.1) is 36.0 Å². The molecule has 1 aromatic heterocycles. The van der Waals surface area contributed by atoms with Gasteiger partial charge in [-0.2, -0.15) is 0 Å². The van der Waals surface area contributed by atoms with Gasteiger partial charge in [0.15, 0.2) is 17.7 Å². The Balaban J connectivity index is 1.36. The number of aryl methyl sites for hydroxylation is 1. The predicted octanol–water partition coefficient (Wildman–Crippen LogP) is 4.95. The number of methoxy groups -OCH3 is 1. The molecule has 0 saturated carbocycles. The number of hydrogen-bond donors (Lipinski definition) is 2. The molecule has 2 aromatic rings. The summed E-state index contributed by atoms with van der Waals surface area (Å²) in [5, 5.41) is 20.3. The van der Waals surface area contributed by atoms with Crippen LogP contribution in [0.15, 0.2) is 36.5 Å². The van der Waals surface area contributed by atoms with Gasteiger partial charge >= 0.3 is 12.1 Å². The average molecular weight is 810 g/mol. The molecule has 4 fully saturated rings. The number of rotatable bonds is 9. The van der Waals surface area contributed by atoms with Gasteiger partial charge in [-0.3, -0.25) is 19.9 Å². The number of hydrogen-bond acceptors (Lipinski definition) is 13. The molecule has 4 aliphatic heterocycles. The molecule has 4 aliphatic rings. The number of esters is 1. The summed E-state index contributed by atoms with van der Waals surface area (Å²) in [6.45, 7) is 16.1. The number of likely N-dealkylation sites (N-methyl/N-ethyl adjacent to an activating group) is 1. The molecule has 322 valence electrons. The number of benzene rings is 1. The van der Waals surface area contributed by atoms with E-state index in [9.17, 15) is 19.5 Å². The van der Waals surface area contributed by atoms with E-state index in [-0.39, 0.29) is 35.8 Å². The summed E-state index contributed by atoms with van der Waals surface area (Å²) in [4.78, 5) is 49.2. The number of aromatic nitrogens is 1. The second-order valence-corrected chi connectivity index (χ2v) is 18.0. The number of ketones is 1. The topological polar surface area (TPSA) is 152 Å². The molecule has 2 bridgehead atoms. The number of Topliss-reactive ketones (excluding diaryl/α,β-unsaturated/α-hetero) is 1. The van der Waals surface area contributed by atoms with Crippen LogP contribution in [0.1, 0.15) is 86.6 Å². The van der Waals surface area contributed by atoms with Crippen LogP contribution in [0.4, 0.5) is 4.79 Å². The number of ether oxygens (including phenoxy) is 5. The number of carbonyl (C=O) groups excluding carboxylic acids is 3. The minimum absolute atomic E-state index is 0.0908. The highest BCUT2D eigenvalue weighted by atomic mass is 16.7. The first kappa shape index (κ1) is 44.3. The molecular formula is C44H67N5O9. The second-order valence-electron chi connectivity index (χ2n) is 18.0. The number of para-hydroxylation sites is 1. The second kappa shape index (κ2) is 17.8. The number of aliphatic hydroxyl groups excluding tert-OH is 1. The lowest BCUT2D eigenvalue weighted by molar-refractivity contribution is -0.295. The van der Waals surface area contributed by atoms with Crippen LogP contribution in [0.3, 0.4) is 0 Å². The van der Waals surface area contributed by atoms with Gasteiger partial charge in [-0.05, 0) is 103 Å². The highest BCUT2D eigenvalue weighted by Crippen LogP contribution is 2.45. The van der Waals surface area contributed by atoms with Gasteiger partial charge in [-0.25, -0.2) is 14.8 Å². The van der Waals surface area contributed by atoms with Crippen LogP contribution in [0.5, 0.6) is 0 Å². The van der Waals surface area contributed by atoms with E-state index in [0.717, 1.165) is 23.7 Å². The first-order valence-electron chi connectivity index (χ1n) is 21.2. The molecule has 1 unspecified atom stereocenters. The van der Waals surface area contributed by atoms with Crippen molar-refractivity contribution in [3.8, 4) is 0 Å². The molecule has 14 heteroatoms.